The number of ketones is 1. The number of benzene rings is 2. The zero-order chi connectivity index (χ0) is 24.5. The van der Waals surface area contributed by atoms with Gasteiger partial charge >= 0.3 is 0 Å². The van der Waals surface area contributed by atoms with Crippen LogP contribution in [0.1, 0.15) is 30.9 Å². The van der Waals surface area contributed by atoms with E-state index in [1.54, 1.807) is 54.5 Å². The average Bonchev–Trinajstić information content (AvgIpc) is 3.23. The van der Waals surface area contributed by atoms with E-state index >= 15 is 0 Å². The lowest BCUT2D eigenvalue weighted by Crippen LogP contribution is -2.52. The van der Waals surface area contributed by atoms with Gasteiger partial charge in [-0.15, -0.1) is 0 Å². The molecule has 2 aromatic rings. The van der Waals surface area contributed by atoms with Gasteiger partial charge in [0.2, 0.25) is 0 Å². The average molecular weight is 465 g/mol. The van der Waals surface area contributed by atoms with E-state index < -0.39 is 28.9 Å². The highest BCUT2D eigenvalue weighted by atomic mass is 16.5. The number of anilines is 1. The minimum absolute atomic E-state index is 0.123. The molecule has 1 atom stereocenters. The highest BCUT2D eigenvalue weighted by Gasteiger charge is 2.66. The zero-order valence-corrected chi connectivity index (χ0v) is 19.5. The number of Topliss-reactive ketones (excluding diaryl/α,β-unsaturated/α-hetero) is 1. The number of methoxy groups -OCH3 is 2. The number of carbonyl (C=O) groups excluding carboxylic acids is 3. The van der Waals surface area contributed by atoms with Crippen LogP contribution in [0.25, 0.3) is 5.76 Å². The molecule has 0 bridgehead atoms. The Bertz CT molecular complexity index is 1160. The Morgan fingerprint density at radius 1 is 1.00 bits per heavy atom. The van der Waals surface area contributed by atoms with Gasteiger partial charge in [-0.2, -0.15) is 0 Å². The Morgan fingerprint density at radius 2 is 1.71 bits per heavy atom. The summed E-state index contributed by atoms with van der Waals surface area (Å²) >= 11 is 0. The highest BCUT2D eigenvalue weighted by Crippen LogP contribution is 2.53. The quantitative estimate of drug-likeness (QED) is 0.279. The van der Waals surface area contributed by atoms with Gasteiger partial charge in [-0.05, 0) is 43.2 Å². The van der Waals surface area contributed by atoms with Gasteiger partial charge in [-0.3, -0.25) is 14.4 Å². The van der Waals surface area contributed by atoms with Gasteiger partial charge in [0.15, 0.2) is 5.54 Å². The van der Waals surface area contributed by atoms with Crippen molar-refractivity contribution in [2.45, 2.75) is 25.3 Å². The molecule has 2 amide bonds. The highest BCUT2D eigenvalue weighted by molar-refractivity contribution is 6.50. The zero-order valence-electron chi connectivity index (χ0n) is 19.5. The van der Waals surface area contributed by atoms with E-state index in [2.05, 4.69) is 0 Å². The van der Waals surface area contributed by atoms with E-state index in [0.717, 1.165) is 0 Å². The van der Waals surface area contributed by atoms with Crippen LogP contribution < -0.4 is 9.64 Å². The van der Waals surface area contributed by atoms with Crippen LogP contribution in [0.5, 0.6) is 5.75 Å². The second-order valence-electron chi connectivity index (χ2n) is 8.27. The summed E-state index contributed by atoms with van der Waals surface area (Å²) in [4.78, 5) is 43.8. The van der Waals surface area contributed by atoms with Crippen LogP contribution in [0.4, 0.5) is 5.69 Å². The van der Waals surface area contributed by atoms with Crippen LogP contribution >= 0.6 is 0 Å². The van der Waals surface area contributed by atoms with Crippen molar-refractivity contribution in [1.29, 1.82) is 0 Å². The molecule has 0 saturated carbocycles. The molecular weight excluding hydrogens is 436 g/mol. The van der Waals surface area contributed by atoms with Gasteiger partial charge < -0.3 is 24.4 Å². The number of fused-ring (bicyclic) bond motifs is 2. The molecule has 2 aliphatic heterocycles. The van der Waals surface area contributed by atoms with Crippen LogP contribution in [-0.2, 0) is 24.7 Å². The van der Waals surface area contributed by atoms with Gasteiger partial charge in [0, 0.05) is 37.9 Å². The first-order valence-corrected chi connectivity index (χ1v) is 11.3. The Labute approximate surface area is 198 Å². The maximum Gasteiger partial charge on any atom is 0.296 e. The van der Waals surface area contributed by atoms with Gasteiger partial charge in [0.05, 0.1) is 18.4 Å². The molecule has 8 heteroatoms. The number of para-hydroxylation sites is 1. The van der Waals surface area contributed by atoms with Crippen LogP contribution in [-0.4, -0.2) is 61.5 Å². The minimum atomic E-state index is -1.74. The number of aliphatic hydroxyl groups excluding tert-OH is 1. The van der Waals surface area contributed by atoms with E-state index in [-0.39, 0.29) is 12.1 Å². The van der Waals surface area contributed by atoms with Crippen molar-refractivity contribution in [2.24, 2.45) is 0 Å². The van der Waals surface area contributed by atoms with Gasteiger partial charge in [-0.25, -0.2) is 0 Å². The number of hydrogen-bond acceptors (Lipinski definition) is 6. The molecule has 2 aliphatic rings. The standard InChI is InChI=1S/C26H28N2O6/c1-4-14-27-20-9-6-5-8-19(20)26(25(27)32)21(22(29)17-10-12-18(34-3)13-11-17)23(30)24(31)28(26)15-7-16-33-2/h5-6,8-13,29H,4,7,14-16H2,1-3H3/b22-21+. The number of nitrogens with zero attached hydrogens (tertiary/aromatic N) is 2. The minimum Gasteiger partial charge on any atom is -0.507 e. The number of hydrogen-bond donors (Lipinski definition) is 1. The van der Waals surface area contributed by atoms with Crippen molar-refractivity contribution in [3.05, 3.63) is 65.2 Å². The summed E-state index contributed by atoms with van der Waals surface area (Å²) in [5.74, 6) is -1.93. The number of carbonyl (C=O) groups is 3. The molecule has 178 valence electrons. The fourth-order valence-corrected chi connectivity index (χ4v) is 4.87. The second-order valence-corrected chi connectivity index (χ2v) is 8.27. The monoisotopic (exact) mass is 464 g/mol. The molecule has 8 nitrogen and oxygen atoms in total. The number of ether oxygens (including phenoxy) is 2. The summed E-state index contributed by atoms with van der Waals surface area (Å²) in [6.45, 7) is 2.85. The molecule has 2 heterocycles. The topological polar surface area (TPSA) is 96.4 Å². The first-order valence-electron chi connectivity index (χ1n) is 11.3. The van der Waals surface area contributed by atoms with E-state index in [4.69, 9.17) is 9.47 Å². The summed E-state index contributed by atoms with van der Waals surface area (Å²) < 4.78 is 10.3. The molecular formula is C26H28N2O6. The van der Waals surface area contributed by atoms with Crippen LogP contribution in [0.15, 0.2) is 54.1 Å². The number of likely N-dealkylation sites (tertiary alicyclic amines) is 1. The largest absolute Gasteiger partial charge is 0.507 e. The summed E-state index contributed by atoms with van der Waals surface area (Å²) in [6, 6.07) is 13.6. The normalized spacial score (nSPS) is 21.0. The third-order valence-electron chi connectivity index (χ3n) is 6.35. The van der Waals surface area contributed by atoms with Crippen molar-refractivity contribution in [3.8, 4) is 5.75 Å². The Kier molecular flexibility index (Phi) is 6.43. The van der Waals surface area contributed by atoms with E-state index in [0.29, 0.717) is 48.6 Å². The molecule has 0 aromatic heterocycles. The molecule has 2 aromatic carbocycles. The van der Waals surface area contributed by atoms with E-state index in [9.17, 15) is 19.5 Å². The predicted octanol–water partition coefficient (Wildman–Crippen LogP) is 3.06. The van der Waals surface area contributed by atoms with Crippen molar-refractivity contribution in [3.63, 3.8) is 0 Å². The van der Waals surface area contributed by atoms with Crippen molar-refractivity contribution >= 4 is 29.0 Å². The fourth-order valence-electron chi connectivity index (χ4n) is 4.87. The third kappa shape index (κ3) is 3.37. The van der Waals surface area contributed by atoms with Gasteiger partial charge in [-0.1, -0.05) is 25.1 Å². The van der Waals surface area contributed by atoms with Crippen molar-refractivity contribution in [1.82, 2.24) is 4.90 Å². The van der Waals surface area contributed by atoms with Crippen LogP contribution in [0, 0.1) is 0 Å². The maximum atomic E-state index is 14.1. The van der Waals surface area contributed by atoms with Crippen LogP contribution in [0.3, 0.4) is 0 Å². The lowest BCUT2D eigenvalue weighted by molar-refractivity contribution is -0.143. The second kappa shape index (κ2) is 9.30. The molecule has 0 radical (unpaired) electrons. The number of rotatable bonds is 8. The van der Waals surface area contributed by atoms with Gasteiger partial charge in [0.25, 0.3) is 17.6 Å². The summed E-state index contributed by atoms with van der Waals surface area (Å²) in [7, 11) is 3.07. The maximum absolute atomic E-state index is 14.1. The number of amides is 2. The molecule has 34 heavy (non-hydrogen) atoms. The summed E-state index contributed by atoms with van der Waals surface area (Å²) in [5, 5.41) is 11.4. The van der Waals surface area contributed by atoms with E-state index in [1.807, 2.05) is 13.0 Å². The Balaban J connectivity index is 2.00. The molecule has 1 unspecified atom stereocenters. The van der Waals surface area contributed by atoms with Crippen LogP contribution in [0.2, 0.25) is 0 Å². The molecule has 1 N–H and O–H groups in total. The first-order chi connectivity index (χ1) is 16.4. The van der Waals surface area contributed by atoms with Crippen molar-refractivity contribution in [2.75, 3.05) is 38.8 Å². The fraction of sp³-hybridized carbons (Fsp3) is 0.346. The lowest BCUT2D eigenvalue weighted by Gasteiger charge is -2.34. The molecule has 4 rings (SSSR count). The molecule has 1 spiro atoms. The SMILES string of the molecule is CCCN1C(=O)C2(/C(=C(/O)c3ccc(OC)cc3)C(=O)C(=O)N2CCCOC)c2ccccc21. The predicted molar refractivity (Wildman–Crippen MR) is 127 cm³/mol. The van der Waals surface area contributed by atoms with Crippen molar-refractivity contribution < 1.29 is 29.0 Å². The lowest BCUT2D eigenvalue weighted by atomic mass is 9.82. The molecule has 1 fully saturated rings. The number of aliphatic hydroxyl groups is 1. The summed E-state index contributed by atoms with van der Waals surface area (Å²) in [5.41, 5.74) is -0.489. The molecule has 0 aliphatic carbocycles. The summed E-state index contributed by atoms with van der Waals surface area (Å²) in [6.07, 6.45) is 1.11. The first kappa shape index (κ1) is 23.5. The smallest absolute Gasteiger partial charge is 0.296 e. The third-order valence-corrected chi connectivity index (χ3v) is 6.35. The van der Waals surface area contributed by atoms with Gasteiger partial charge in [0.1, 0.15) is 11.5 Å². The molecule has 1 saturated heterocycles. The Hall–Kier alpha value is -3.65. The van der Waals surface area contributed by atoms with E-state index in [1.165, 1.54) is 12.0 Å². The Morgan fingerprint density at radius 3 is 2.35 bits per heavy atom.